The van der Waals surface area contributed by atoms with Crippen molar-refractivity contribution in [1.82, 2.24) is 15.0 Å². The number of ether oxygens (including phenoxy) is 2. The summed E-state index contributed by atoms with van der Waals surface area (Å²) in [5, 5.41) is 0.393. The molecule has 2 aromatic carbocycles. The van der Waals surface area contributed by atoms with Gasteiger partial charge in [-0.05, 0) is 41.5 Å². The van der Waals surface area contributed by atoms with Crippen LogP contribution in [0.15, 0.2) is 53.5 Å². The Morgan fingerprint density at radius 2 is 1.77 bits per heavy atom. The average Bonchev–Trinajstić information content (AvgIpc) is 2.78. The Kier molecular flexibility index (Phi) is 5.62. The molecule has 0 saturated heterocycles. The van der Waals surface area contributed by atoms with Crippen molar-refractivity contribution < 1.29 is 18.3 Å². The van der Waals surface area contributed by atoms with E-state index in [1.807, 2.05) is 0 Å². The number of rotatable bonds is 6. The Hall–Kier alpha value is -3.81. The second-order valence-corrected chi connectivity index (χ2v) is 6.95. The maximum Gasteiger partial charge on any atom is 0.258 e. The quantitative estimate of drug-likeness (QED) is 0.503. The van der Waals surface area contributed by atoms with E-state index in [0.717, 1.165) is 11.6 Å². The topological polar surface area (TPSA) is 77.1 Å². The summed E-state index contributed by atoms with van der Waals surface area (Å²) in [5.74, 6) is 0.877. The van der Waals surface area contributed by atoms with E-state index in [-0.39, 0.29) is 11.1 Å². The highest BCUT2D eigenvalue weighted by Crippen LogP contribution is 2.30. The molecule has 8 heteroatoms. The number of alkyl halides is 1. The lowest BCUT2D eigenvalue weighted by Gasteiger charge is -2.09. The smallest absolute Gasteiger partial charge is 0.258 e. The first kappa shape index (κ1) is 20.5. The standard InChI is InChI=1S/C23H19F2N3O3/c1-30-20-9-17-19(10-21(20)31-2)27-22(28-23(17)29)7-13-3-4-18(26-12-13)15-5-14(11-24)6-16(25)8-15/h3-6,8-10,12H,7,11H2,1-2H3,(H,27,28,29). The number of nitrogens with zero attached hydrogens (tertiary/aromatic N) is 2. The van der Waals surface area contributed by atoms with Crippen molar-refractivity contribution in [3.8, 4) is 22.8 Å². The molecule has 2 heterocycles. The molecule has 0 amide bonds. The van der Waals surface area contributed by atoms with E-state index in [2.05, 4.69) is 15.0 Å². The van der Waals surface area contributed by atoms with Gasteiger partial charge in [0.05, 0.1) is 30.8 Å². The summed E-state index contributed by atoms with van der Waals surface area (Å²) < 4.78 is 37.1. The zero-order chi connectivity index (χ0) is 22.0. The predicted octanol–water partition coefficient (Wildman–Crippen LogP) is 4.20. The minimum Gasteiger partial charge on any atom is -0.493 e. The van der Waals surface area contributed by atoms with Gasteiger partial charge in [0.25, 0.3) is 5.56 Å². The number of benzene rings is 2. The third-order valence-corrected chi connectivity index (χ3v) is 4.86. The summed E-state index contributed by atoms with van der Waals surface area (Å²) in [5.41, 5.74) is 2.27. The summed E-state index contributed by atoms with van der Waals surface area (Å²) in [6.45, 7) is -0.750. The second-order valence-electron chi connectivity index (χ2n) is 6.95. The number of pyridine rings is 1. The number of hydrogen-bond donors (Lipinski definition) is 1. The molecule has 4 rings (SSSR count). The van der Waals surface area contributed by atoms with Crippen molar-refractivity contribution in [3.63, 3.8) is 0 Å². The molecule has 31 heavy (non-hydrogen) atoms. The van der Waals surface area contributed by atoms with Crippen LogP contribution in [0.2, 0.25) is 0 Å². The highest BCUT2D eigenvalue weighted by molar-refractivity contribution is 5.81. The summed E-state index contributed by atoms with van der Waals surface area (Å²) in [6, 6.07) is 10.8. The third-order valence-electron chi connectivity index (χ3n) is 4.86. The van der Waals surface area contributed by atoms with E-state index in [0.29, 0.717) is 45.9 Å². The van der Waals surface area contributed by atoms with E-state index in [1.165, 1.54) is 20.3 Å². The van der Waals surface area contributed by atoms with Gasteiger partial charge in [-0.15, -0.1) is 0 Å². The van der Waals surface area contributed by atoms with E-state index < -0.39 is 12.5 Å². The van der Waals surface area contributed by atoms with Crippen LogP contribution >= 0.6 is 0 Å². The lowest BCUT2D eigenvalue weighted by atomic mass is 10.1. The first-order valence-electron chi connectivity index (χ1n) is 9.46. The maximum atomic E-state index is 13.7. The van der Waals surface area contributed by atoms with Crippen molar-refractivity contribution >= 4 is 10.9 Å². The lowest BCUT2D eigenvalue weighted by molar-refractivity contribution is 0.355. The molecule has 0 unspecified atom stereocenters. The second kappa shape index (κ2) is 8.51. The molecule has 0 aliphatic rings. The van der Waals surface area contributed by atoms with Crippen LogP contribution in [0.3, 0.4) is 0 Å². The van der Waals surface area contributed by atoms with Gasteiger partial charge in [-0.1, -0.05) is 6.07 Å². The van der Waals surface area contributed by atoms with Crippen LogP contribution in [0.1, 0.15) is 17.0 Å². The van der Waals surface area contributed by atoms with Gasteiger partial charge >= 0.3 is 0 Å². The molecule has 158 valence electrons. The number of aromatic amines is 1. The van der Waals surface area contributed by atoms with Crippen molar-refractivity contribution in [1.29, 1.82) is 0 Å². The lowest BCUT2D eigenvalue weighted by Crippen LogP contribution is -2.12. The summed E-state index contributed by atoms with van der Waals surface area (Å²) >= 11 is 0. The molecule has 0 aliphatic heterocycles. The van der Waals surface area contributed by atoms with Gasteiger partial charge in [0.1, 0.15) is 18.3 Å². The Morgan fingerprint density at radius 3 is 2.45 bits per heavy atom. The van der Waals surface area contributed by atoms with Crippen molar-refractivity contribution in [2.45, 2.75) is 13.1 Å². The number of H-pyrrole nitrogens is 1. The first-order chi connectivity index (χ1) is 15.0. The van der Waals surface area contributed by atoms with Gasteiger partial charge in [-0.25, -0.2) is 13.8 Å². The monoisotopic (exact) mass is 423 g/mol. The van der Waals surface area contributed by atoms with Crippen LogP contribution in [-0.2, 0) is 13.1 Å². The Labute approximate surface area is 176 Å². The van der Waals surface area contributed by atoms with Gasteiger partial charge < -0.3 is 14.5 Å². The molecule has 0 fully saturated rings. The van der Waals surface area contributed by atoms with Gasteiger partial charge in [0.15, 0.2) is 11.5 Å². The maximum absolute atomic E-state index is 13.7. The van der Waals surface area contributed by atoms with E-state index in [9.17, 15) is 13.6 Å². The largest absolute Gasteiger partial charge is 0.493 e. The molecule has 4 aromatic rings. The zero-order valence-electron chi connectivity index (χ0n) is 16.9. The minimum absolute atomic E-state index is 0.255. The van der Waals surface area contributed by atoms with Crippen molar-refractivity contribution in [3.05, 3.63) is 81.8 Å². The van der Waals surface area contributed by atoms with Crippen LogP contribution < -0.4 is 15.0 Å². The number of aromatic nitrogens is 3. The normalized spacial score (nSPS) is 11.0. The molecule has 6 nitrogen and oxygen atoms in total. The van der Waals surface area contributed by atoms with E-state index >= 15 is 0 Å². The molecule has 0 atom stereocenters. The Morgan fingerprint density at radius 1 is 1.00 bits per heavy atom. The Bertz CT molecular complexity index is 1300. The molecular weight excluding hydrogens is 404 g/mol. The van der Waals surface area contributed by atoms with Gasteiger partial charge in [-0.3, -0.25) is 9.78 Å². The highest BCUT2D eigenvalue weighted by atomic mass is 19.1. The minimum atomic E-state index is -0.750. The molecule has 0 radical (unpaired) electrons. The summed E-state index contributed by atoms with van der Waals surface area (Å²) in [4.78, 5) is 24.2. The zero-order valence-corrected chi connectivity index (χ0v) is 16.9. The molecule has 1 N–H and O–H groups in total. The van der Waals surface area contributed by atoms with Crippen LogP contribution in [0.4, 0.5) is 8.78 Å². The summed E-state index contributed by atoms with van der Waals surface area (Å²) in [7, 11) is 3.01. The van der Waals surface area contributed by atoms with Gasteiger partial charge in [0, 0.05) is 24.2 Å². The van der Waals surface area contributed by atoms with Gasteiger partial charge in [-0.2, -0.15) is 0 Å². The third kappa shape index (κ3) is 4.23. The molecule has 0 spiro atoms. The average molecular weight is 423 g/mol. The van der Waals surface area contributed by atoms with Crippen LogP contribution in [0, 0.1) is 5.82 Å². The fraction of sp³-hybridized carbons (Fsp3) is 0.174. The predicted molar refractivity (Wildman–Crippen MR) is 113 cm³/mol. The molecule has 0 aliphatic carbocycles. The SMILES string of the molecule is COc1cc2nc(Cc3ccc(-c4cc(F)cc(CF)c4)nc3)[nH]c(=O)c2cc1OC. The number of methoxy groups -OCH3 is 2. The molecule has 2 aromatic heterocycles. The summed E-state index contributed by atoms with van der Waals surface area (Å²) in [6.07, 6.45) is 1.96. The molecule has 0 bridgehead atoms. The number of nitrogens with one attached hydrogen (secondary N) is 1. The first-order valence-corrected chi connectivity index (χ1v) is 9.46. The van der Waals surface area contributed by atoms with Crippen molar-refractivity contribution in [2.75, 3.05) is 14.2 Å². The van der Waals surface area contributed by atoms with Crippen LogP contribution in [-0.4, -0.2) is 29.2 Å². The molecular formula is C23H19F2N3O3. The Balaban J connectivity index is 1.63. The van der Waals surface area contributed by atoms with Crippen molar-refractivity contribution in [2.24, 2.45) is 0 Å². The molecule has 0 saturated carbocycles. The van der Waals surface area contributed by atoms with Crippen LogP contribution in [0.5, 0.6) is 11.5 Å². The van der Waals surface area contributed by atoms with E-state index in [4.69, 9.17) is 9.47 Å². The van der Waals surface area contributed by atoms with Crippen LogP contribution in [0.25, 0.3) is 22.2 Å². The fourth-order valence-corrected chi connectivity index (χ4v) is 3.37. The fourth-order valence-electron chi connectivity index (χ4n) is 3.37. The van der Waals surface area contributed by atoms with E-state index in [1.54, 1.807) is 36.5 Å². The number of hydrogen-bond acceptors (Lipinski definition) is 5. The number of fused-ring (bicyclic) bond motifs is 1. The highest BCUT2D eigenvalue weighted by Gasteiger charge is 2.12. The number of halogens is 2. The van der Waals surface area contributed by atoms with Gasteiger partial charge in [0.2, 0.25) is 0 Å².